The topological polar surface area (TPSA) is 171 Å². The van der Waals surface area contributed by atoms with Gasteiger partial charge in [0.2, 0.25) is 24.5 Å². The third kappa shape index (κ3) is 32.7. The van der Waals surface area contributed by atoms with Crippen LogP contribution in [0.5, 0.6) is 0 Å². The molecular weight excluding hydrogens is 903 g/mol. The number of likely N-dealkylation sites (N-methyl/N-ethyl adjacent to an activating group) is 1. The molecule has 5 rings (SSSR count). The summed E-state index contributed by atoms with van der Waals surface area (Å²) in [5, 5.41) is 11.2. The van der Waals surface area contributed by atoms with Crippen LogP contribution in [0.3, 0.4) is 0 Å². The molecule has 1 spiro atoms. The van der Waals surface area contributed by atoms with Crippen molar-refractivity contribution >= 4 is 42.4 Å². The first-order valence-electron chi connectivity index (χ1n) is 27.6. The lowest BCUT2D eigenvalue weighted by Gasteiger charge is -2.25. The molecule has 12 heteroatoms. The number of carbonyl (C=O) groups is 7. The summed E-state index contributed by atoms with van der Waals surface area (Å²) in [5.74, 6) is 1.42. The zero-order valence-electron chi connectivity index (χ0n) is 49.8. The fourth-order valence-electron chi connectivity index (χ4n) is 8.56. The van der Waals surface area contributed by atoms with E-state index in [0.717, 1.165) is 50.5 Å². The van der Waals surface area contributed by atoms with E-state index in [1.54, 1.807) is 38.1 Å². The number of hydrogen-bond donors (Lipinski definition) is 4. The molecule has 0 saturated heterocycles. The van der Waals surface area contributed by atoms with Crippen molar-refractivity contribution < 1.29 is 33.6 Å². The van der Waals surface area contributed by atoms with Crippen LogP contribution in [0.2, 0.25) is 0 Å². The lowest BCUT2D eigenvalue weighted by atomic mass is 9.84. The van der Waals surface area contributed by atoms with Gasteiger partial charge in [-0.2, -0.15) is 0 Å². The van der Waals surface area contributed by atoms with Crippen molar-refractivity contribution in [2.24, 2.45) is 29.1 Å². The Kier molecular flexibility index (Phi) is 50.8. The van der Waals surface area contributed by atoms with E-state index in [9.17, 15) is 28.8 Å². The Labute approximate surface area is 442 Å². The van der Waals surface area contributed by atoms with E-state index in [1.165, 1.54) is 64.7 Å². The zero-order chi connectivity index (χ0) is 56.9. The molecular formula is C60H111N5O7. The van der Waals surface area contributed by atoms with Gasteiger partial charge >= 0.3 is 0 Å². The maximum Gasteiger partial charge on any atom is 0.220 e. The highest BCUT2D eigenvalue weighted by atomic mass is 16.2. The van der Waals surface area contributed by atoms with E-state index in [4.69, 9.17) is 4.79 Å². The average Bonchev–Trinajstić information content (AvgIpc) is 4.31. The zero-order valence-corrected chi connectivity index (χ0v) is 49.8. The molecule has 4 aliphatic rings. The second-order valence-corrected chi connectivity index (χ2v) is 18.5. The summed E-state index contributed by atoms with van der Waals surface area (Å²) in [6.07, 6.45) is 19.5. The molecule has 1 aromatic rings. The van der Waals surface area contributed by atoms with Crippen molar-refractivity contribution in [1.29, 1.82) is 0 Å². The second-order valence-electron chi connectivity index (χ2n) is 18.5. The molecule has 0 radical (unpaired) electrons. The Balaban J connectivity index is -0.000000246. The van der Waals surface area contributed by atoms with E-state index >= 15 is 0 Å². The van der Waals surface area contributed by atoms with Gasteiger partial charge in [0.1, 0.15) is 12.1 Å². The lowest BCUT2D eigenvalue weighted by molar-refractivity contribution is -0.137. The van der Waals surface area contributed by atoms with Gasteiger partial charge in [-0.05, 0) is 130 Å². The van der Waals surface area contributed by atoms with Gasteiger partial charge in [0.05, 0.1) is 17.6 Å². The normalized spacial score (nSPS) is 18.6. The number of nitrogens with one attached hydrogen (secondary N) is 4. The van der Waals surface area contributed by atoms with Crippen molar-refractivity contribution in [2.45, 2.75) is 218 Å². The number of carbonyl (C=O) groups excluding carboxylic acids is 7. The Morgan fingerprint density at radius 2 is 1.38 bits per heavy atom. The van der Waals surface area contributed by atoms with Gasteiger partial charge in [-0.1, -0.05) is 150 Å². The molecule has 418 valence electrons. The number of ketones is 3. The Hall–Kier alpha value is -4.29. The number of allylic oxidation sites excluding steroid dienone is 2. The van der Waals surface area contributed by atoms with Crippen LogP contribution in [0.4, 0.5) is 0 Å². The van der Waals surface area contributed by atoms with Crippen LogP contribution < -0.4 is 21.3 Å². The first-order valence-corrected chi connectivity index (χ1v) is 27.6. The fraction of sp³-hybridized carbons (Fsp3) is 0.717. The molecule has 0 heterocycles. The monoisotopic (exact) mass is 1010 g/mol. The minimum Gasteiger partial charge on any atom is -0.362 e. The number of benzene rings is 1. The SMILES string of the molecule is C=CCCC(C)C(=O)C(C)=O.CC.CC.CC.CC.CC(=O)CC(CCN(C)C)C(C)C.CC1=C2CC23CC3(NC=O)CC1.CCC(=O)NC(C)c1ccccc1.CNC(C=O)C1CCCCC1.CNC=O. The number of nitrogens with zero attached hydrogens (tertiary/aromatic N) is 1. The highest BCUT2D eigenvalue weighted by Gasteiger charge is 2.78. The molecule has 3 amide bonds. The number of hydrogen-bond acceptors (Lipinski definition) is 9. The Morgan fingerprint density at radius 3 is 1.78 bits per heavy atom. The van der Waals surface area contributed by atoms with Gasteiger partial charge in [-0.25, -0.2) is 0 Å². The van der Waals surface area contributed by atoms with Gasteiger partial charge in [0.25, 0.3) is 0 Å². The van der Waals surface area contributed by atoms with Crippen LogP contribution in [0, 0.1) is 29.1 Å². The van der Waals surface area contributed by atoms with Crippen LogP contribution in [-0.2, 0) is 33.6 Å². The molecule has 4 N–H and O–H groups in total. The Bertz CT molecular complexity index is 1610. The summed E-state index contributed by atoms with van der Waals surface area (Å²) >= 11 is 0. The molecule has 0 aliphatic heterocycles. The highest BCUT2D eigenvalue weighted by Crippen LogP contribution is 2.80. The summed E-state index contributed by atoms with van der Waals surface area (Å²) in [6, 6.07) is 10.2. The first kappa shape index (κ1) is 76.6. The fourth-order valence-corrected chi connectivity index (χ4v) is 8.56. The molecule has 72 heavy (non-hydrogen) atoms. The van der Waals surface area contributed by atoms with Gasteiger partial charge in [-0.3, -0.25) is 24.0 Å². The summed E-state index contributed by atoms with van der Waals surface area (Å²) in [7, 11) is 7.58. The highest BCUT2D eigenvalue weighted by molar-refractivity contribution is 6.36. The maximum atomic E-state index is 11.1. The number of aldehydes is 1. The van der Waals surface area contributed by atoms with Gasteiger partial charge in [0.15, 0.2) is 5.78 Å². The first-order chi connectivity index (χ1) is 34.3. The van der Waals surface area contributed by atoms with Crippen molar-refractivity contribution in [3.8, 4) is 0 Å². The van der Waals surface area contributed by atoms with Crippen LogP contribution in [0.25, 0.3) is 0 Å². The van der Waals surface area contributed by atoms with E-state index < -0.39 is 0 Å². The van der Waals surface area contributed by atoms with E-state index in [0.29, 0.717) is 41.8 Å². The minimum absolute atomic E-state index is 0.0938. The van der Waals surface area contributed by atoms with Crippen molar-refractivity contribution in [3.05, 3.63) is 59.7 Å². The molecule has 1 aromatic carbocycles. The van der Waals surface area contributed by atoms with Crippen LogP contribution in [0.15, 0.2) is 54.1 Å². The lowest BCUT2D eigenvalue weighted by Crippen LogP contribution is -2.35. The summed E-state index contributed by atoms with van der Waals surface area (Å²) in [4.78, 5) is 75.8. The molecule has 0 bridgehead atoms. The van der Waals surface area contributed by atoms with Gasteiger partial charge in [0, 0.05) is 38.1 Å². The molecule has 3 saturated carbocycles. The molecule has 6 unspecified atom stereocenters. The number of amides is 3. The van der Waals surface area contributed by atoms with Crippen LogP contribution in [-0.4, -0.2) is 93.6 Å². The smallest absolute Gasteiger partial charge is 0.220 e. The quantitative estimate of drug-likeness (QED) is 0.0564. The average molecular weight is 1010 g/mol. The number of rotatable bonds is 20. The second kappa shape index (κ2) is 47.7. The Morgan fingerprint density at radius 1 is 0.833 bits per heavy atom. The van der Waals surface area contributed by atoms with Crippen molar-refractivity contribution in [1.82, 2.24) is 26.2 Å². The van der Waals surface area contributed by atoms with Crippen molar-refractivity contribution in [2.75, 3.05) is 34.7 Å². The molecule has 3 fully saturated rings. The van der Waals surface area contributed by atoms with Gasteiger partial charge in [-0.15, -0.1) is 6.58 Å². The largest absolute Gasteiger partial charge is 0.362 e. The summed E-state index contributed by atoms with van der Waals surface area (Å²) < 4.78 is 0. The predicted octanol–water partition coefficient (Wildman–Crippen LogP) is 12.4. The minimum atomic E-state index is -0.346. The van der Waals surface area contributed by atoms with E-state index in [2.05, 4.69) is 67.6 Å². The molecule has 6 atom stereocenters. The van der Waals surface area contributed by atoms with Gasteiger partial charge < -0.3 is 35.8 Å². The van der Waals surface area contributed by atoms with Crippen LogP contribution in [0.1, 0.15) is 212 Å². The molecule has 4 aliphatic carbocycles. The molecule has 0 aromatic heterocycles. The maximum absolute atomic E-state index is 11.1. The third-order valence-electron chi connectivity index (χ3n) is 12.9. The summed E-state index contributed by atoms with van der Waals surface area (Å²) in [5.41, 5.74) is 5.07. The third-order valence-corrected chi connectivity index (χ3v) is 12.9. The van der Waals surface area contributed by atoms with E-state index in [1.807, 2.05) is 107 Å². The van der Waals surface area contributed by atoms with E-state index in [-0.39, 0.29) is 41.0 Å². The van der Waals surface area contributed by atoms with Crippen LogP contribution >= 0.6 is 0 Å². The summed E-state index contributed by atoms with van der Waals surface area (Å²) in [6.45, 7) is 35.9. The molecule has 12 nitrogen and oxygen atoms in total. The number of Topliss-reactive ketones (excluding diaryl/α,β-unsaturated/α-hetero) is 3. The standard InChI is InChI=1S/C11H15NO.C11H23NO.C10H13NO.C9H17NO.C9H14O2.C2H5NO.4C2H6/c1-3-11(13)12-9(2)10-7-5-4-6-8-10;1-9(2)11(8-10(3)13)6-7-12(4)5;1-7-2-3-10(11-6-12)5-9(10)4-8(7)9;1-10-9(7-11)8-5-3-2-4-6-8;1-4-5-6-7(2)9(11)8(3)10;1-3-2-4;4*1-2/h4-9H,3H2,1-2H3,(H,12,13);9,11H,6-8H2,1-5H3;6H,2-5H2,1H3,(H,11,12);7-10H,2-6H2,1H3;4,7H,1,5-6H2,2-3H3;2H,1H3,(H,3,4);4*1-2H3. The predicted molar refractivity (Wildman–Crippen MR) is 306 cm³/mol. The van der Waals surface area contributed by atoms with Crippen molar-refractivity contribution in [3.63, 3.8) is 0 Å².